The van der Waals surface area contributed by atoms with E-state index in [2.05, 4.69) is 166 Å². The van der Waals surface area contributed by atoms with Crippen molar-refractivity contribution in [3.8, 4) is 22.3 Å². The van der Waals surface area contributed by atoms with E-state index < -0.39 is 21.5 Å². The average Bonchev–Trinajstić information content (AvgIpc) is 3.60. The van der Waals surface area contributed by atoms with Gasteiger partial charge in [-0.15, -0.1) is 0 Å². The standard InChI is InChI=1S/C22H25.C21H23.C2H7Si.2ClH.Zr/c1-6-16-14-18-8-7-9-20(21(18)15(16)2)17-10-12-19(13-11-17)22(3,4)5;1-5-15-13-17-7-6-8-19(20(17)14-15)16-9-11-18(12-10-16)21(2,3)4;1-3-2;;;/h7-14H,6H2,1-5H3;6-14H,5H2,1-4H3;3H,1-2H3;2*1H;/q;;;;;+2/p-2. The molecule has 6 rings (SSSR count). The zero-order chi connectivity index (χ0) is 35.7. The molecule has 4 heteroatoms. The van der Waals surface area contributed by atoms with E-state index in [1.54, 1.807) is 0 Å². The van der Waals surface area contributed by atoms with Gasteiger partial charge in [0.1, 0.15) is 0 Å². The van der Waals surface area contributed by atoms with E-state index in [9.17, 15) is 0 Å². The molecule has 4 aromatic carbocycles. The molecule has 0 spiro atoms. The molecule has 0 saturated carbocycles. The second kappa shape index (κ2) is 12.9. The topological polar surface area (TPSA) is 0 Å². The number of hydrogen-bond acceptors (Lipinski definition) is 0. The van der Waals surface area contributed by atoms with Crippen molar-refractivity contribution in [3.63, 3.8) is 0 Å². The Balaban J connectivity index is 1.54. The minimum atomic E-state index is -4.84. The summed E-state index contributed by atoms with van der Waals surface area (Å²) in [4.78, 5) is 0. The van der Waals surface area contributed by atoms with Gasteiger partial charge in [0, 0.05) is 0 Å². The van der Waals surface area contributed by atoms with Crippen LogP contribution in [0.25, 0.3) is 33.9 Å². The van der Waals surface area contributed by atoms with Crippen molar-refractivity contribution in [2.45, 2.75) is 106 Å². The van der Waals surface area contributed by atoms with Gasteiger partial charge in [-0.3, -0.25) is 0 Å². The Bertz CT molecular complexity index is 1960. The second-order valence-electron chi connectivity index (χ2n) is 17.1. The summed E-state index contributed by atoms with van der Waals surface area (Å²) >= 11 is -4.84. The van der Waals surface area contributed by atoms with Gasteiger partial charge in [-0.25, -0.2) is 0 Å². The number of hydrogen-bond donors (Lipinski definition) is 0. The Hall–Kier alpha value is -1.96. The first kappa shape index (κ1) is 36.8. The van der Waals surface area contributed by atoms with E-state index in [0.717, 1.165) is 12.8 Å². The van der Waals surface area contributed by atoms with Gasteiger partial charge in [-0.1, -0.05) is 0 Å². The zero-order valence-electron chi connectivity index (χ0n) is 31.6. The van der Waals surface area contributed by atoms with Gasteiger partial charge in [-0.2, -0.15) is 0 Å². The van der Waals surface area contributed by atoms with Crippen molar-refractivity contribution in [2.24, 2.45) is 0 Å². The van der Waals surface area contributed by atoms with Gasteiger partial charge in [0.05, 0.1) is 0 Å². The van der Waals surface area contributed by atoms with Gasteiger partial charge < -0.3 is 0 Å². The molecular formula is C45H55Cl2SiZr. The van der Waals surface area contributed by atoms with Crippen molar-refractivity contribution in [1.82, 2.24) is 0 Å². The van der Waals surface area contributed by atoms with Gasteiger partial charge in [0.15, 0.2) is 0 Å². The molecule has 2 aliphatic rings. The van der Waals surface area contributed by atoms with Crippen LogP contribution in [0.1, 0.15) is 116 Å². The summed E-state index contributed by atoms with van der Waals surface area (Å²) in [6.45, 7) is 25.6. The normalized spacial score (nSPS) is 18.7. The van der Waals surface area contributed by atoms with E-state index in [-0.39, 0.29) is 18.1 Å². The van der Waals surface area contributed by atoms with Crippen LogP contribution in [0.4, 0.5) is 0 Å². The van der Waals surface area contributed by atoms with Crippen LogP contribution in [0.2, 0.25) is 13.1 Å². The van der Waals surface area contributed by atoms with Crippen LogP contribution >= 0.6 is 17.0 Å². The first-order chi connectivity index (χ1) is 22.9. The van der Waals surface area contributed by atoms with E-state index in [1.807, 2.05) is 0 Å². The van der Waals surface area contributed by atoms with Crippen molar-refractivity contribution in [3.05, 3.63) is 129 Å². The monoisotopic (exact) mass is 783 g/mol. The summed E-state index contributed by atoms with van der Waals surface area (Å²) in [7, 11) is 17.4. The summed E-state index contributed by atoms with van der Waals surface area (Å²) in [5, 5.41) is 0. The number of fused-ring (bicyclic) bond motifs is 2. The fourth-order valence-corrected chi connectivity index (χ4v) is 40.8. The first-order valence-electron chi connectivity index (χ1n) is 18.4. The molecule has 0 aromatic heterocycles. The van der Waals surface area contributed by atoms with Crippen molar-refractivity contribution >= 4 is 34.6 Å². The molecule has 2 atom stereocenters. The molecule has 2 aliphatic carbocycles. The third-order valence-corrected chi connectivity index (χ3v) is 63.7. The van der Waals surface area contributed by atoms with Gasteiger partial charge in [-0.05, 0) is 0 Å². The second-order valence-corrected chi connectivity index (χ2v) is 59.6. The molecule has 0 nitrogen and oxygen atoms in total. The molecule has 0 aliphatic heterocycles. The molecule has 0 N–H and O–H groups in total. The summed E-state index contributed by atoms with van der Waals surface area (Å²) in [6, 6.07) is 32.3. The molecule has 0 amide bonds. The third kappa shape index (κ3) is 6.00. The summed E-state index contributed by atoms with van der Waals surface area (Å²) in [5.41, 5.74) is 17.8. The minimum absolute atomic E-state index is 0.102. The number of rotatable bonds is 7. The van der Waals surface area contributed by atoms with Crippen LogP contribution in [-0.4, -0.2) is 5.92 Å². The molecule has 0 heterocycles. The summed E-state index contributed by atoms with van der Waals surface area (Å²) in [5.74, 6) is -1.64. The molecule has 4 aromatic rings. The van der Waals surface area contributed by atoms with Crippen LogP contribution < -0.4 is 0 Å². The maximum atomic E-state index is 8.71. The SMILES string of the molecule is CCC1=Cc2c(-c3ccc(C(C)(C)C)cc3)cccc2[CH]1[Zr]([Cl])([Cl])([CH]1C(CC)=C(C)c2c(-c3ccc(C(C)(C)C)cc3)cccc21)[SiH](C)C. The summed E-state index contributed by atoms with van der Waals surface area (Å²) in [6.07, 6.45) is 4.39. The Morgan fingerprint density at radius 1 is 0.633 bits per heavy atom. The van der Waals surface area contributed by atoms with E-state index in [4.69, 9.17) is 17.0 Å². The number of benzene rings is 4. The molecule has 0 fully saturated rings. The van der Waals surface area contributed by atoms with Crippen LogP contribution in [0.3, 0.4) is 0 Å². The quantitative estimate of drug-likeness (QED) is 0.164. The Morgan fingerprint density at radius 2 is 1.12 bits per heavy atom. The van der Waals surface area contributed by atoms with Crippen molar-refractivity contribution in [2.75, 3.05) is 0 Å². The first-order valence-corrected chi connectivity index (χ1v) is 34.7. The fourth-order valence-electron chi connectivity index (χ4n) is 8.94. The van der Waals surface area contributed by atoms with E-state index >= 15 is 0 Å². The van der Waals surface area contributed by atoms with Crippen molar-refractivity contribution < 1.29 is 15.6 Å². The average molecular weight is 786 g/mol. The fraction of sp³-hybridized carbons (Fsp3) is 0.378. The van der Waals surface area contributed by atoms with Crippen LogP contribution in [0, 0.1) is 0 Å². The Kier molecular flexibility index (Phi) is 9.70. The number of halogens is 2. The predicted octanol–water partition coefficient (Wildman–Crippen LogP) is 14.4. The molecule has 0 saturated heterocycles. The zero-order valence-corrected chi connectivity index (χ0v) is 36.7. The Morgan fingerprint density at radius 3 is 1.59 bits per heavy atom. The van der Waals surface area contributed by atoms with Gasteiger partial charge in [0.2, 0.25) is 0 Å². The van der Waals surface area contributed by atoms with Crippen LogP contribution in [-0.2, 0) is 26.4 Å². The van der Waals surface area contributed by atoms with Gasteiger partial charge in [0.25, 0.3) is 0 Å². The summed E-state index contributed by atoms with van der Waals surface area (Å²) < 4.78 is 0.205. The number of allylic oxidation sites excluding steroid dienone is 3. The molecule has 49 heavy (non-hydrogen) atoms. The van der Waals surface area contributed by atoms with Gasteiger partial charge >= 0.3 is 308 Å². The molecule has 2 unspecified atom stereocenters. The molecular weight excluding hydrogens is 731 g/mol. The van der Waals surface area contributed by atoms with E-state index in [1.165, 1.54) is 72.4 Å². The molecule has 0 radical (unpaired) electrons. The maximum absolute atomic E-state index is 8.71. The molecule has 0 bridgehead atoms. The molecule has 257 valence electrons. The van der Waals surface area contributed by atoms with Crippen LogP contribution in [0.5, 0.6) is 0 Å². The van der Waals surface area contributed by atoms with E-state index in [0.29, 0.717) is 0 Å². The van der Waals surface area contributed by atoms with Crippen LogP contribution in [0.15, 0.2) is 96.1 Å². The van der Waals surface area contributed by atoms with Crippen molar-refractivity contribution in [1.29, 1.82) is 0 Å². The predicted molar refractivity (Wildman–Crippen MR) is 218 cm³/mol. The third-order valence-electron chi connectivity index (χ3n) is 11.9. The Labute approximate surface area is 305 Å².